The Balaban J connectivity index is 2.16. The fourth-order valence-corrected chi connectivity index (χ4v) is 1.71. The van der Waals surface area contributed by atoms with Crippen LogP contribution in [-0.2, 0) is 13.5 Å². The van der Waals surface area contributed by atoms with Gasteiger partial charge < -0.3 is 0 Å². The molecule has 2 rings (SSSR count). The first-order chi connectivity index (χ1) is 8.19. The summed E-state index contributed by atoms with van der Waals surface area (Å²) in [7, 11) is 1.84. The zero-order valence-electron chi connectivity index (χ0n) is 9.96. The number of nitrogens with one attached hydrogen (secondary N) is 1. The highest BCUT2D eigenvalue weighted by Crippen LogP contribution is 2.14. The normalized spacial score (nSPS) is 12.6. The summed E-state index contributed by atoms with van der Waals surface area (Å²) in [5.74, 6) is 5.56. The lowest BCUT2D eigenvalue weighted by molar-refractivity contribution is 0.531. The SMILES string of the molecule is Cc1cccc(C(Cc2cn(C)nn2)NN)n1. The maximum absolute atomic E-state index is 5.56. The largest absolute Gasteiger partial charge is 0.271 e. The van der Waals surface area contributed by atoms with Crippen molar-refractivity contribution < 1.29 is 0 Å². The van der Waals surface area contributed by atoms with Crippen molar-refractivity contribution in [1.82, 2.24) is 25.4 Å². The number of rotatable bonds is 4. The lowest BCUT2D eigenvalue weighted by atomic mass is 10.1. The van der Waals surface area contributed by atoms with Crippen molar-refractivity contribution in [2.75, 3.05) is 0 Å². The molecule has 0 fully saturated rings. The smallest absolute Gasteiger partial charge is 0.0847 e. The monoisotopic (exact) mass is 232 g/mol. The summed E-state index contributed by atoms with van der Waals surface area (Å²) < 4.78 is 1.67. The average molecular weight is 232 g/mol. The van der Waals surface area contributed by atoms with Gasteiger partial charge in [0.25, 0.3) is 0 Å². The van der Waals surface area contributed by atoms with Crippen LogP contribution in [0.15, 0.2) is 24.4 Å². The predicted octanol–water partition coefficient (Wildman–Crippen LogP) is 0.266. The Bertz CT molecular complexity index is 492. The van der Waals surface area contributed by atoms with Crippen molar-refractivity contribution >= 4 is 0 Å². The van der Waals surface area contributed by atoms with Gasteiger partial charge in [0.15, 0.2) is 0 Å². The van der Waals surface area contributed by atoms with Gasteiger partial charge in [0.05, 0.1) is 17.4 Å². The molecule has 0 saturated heterocycles. The molecule has 3 N–H and O–H groups in total. The molecule has 0 radical (unpaired) electrons. The van der Waals surface area contributed by atoms with Crippen LogP contribution in [0.4, 0.5) is 0 Å². The summed E-state index contributed by atoms with van der Waals surface area (Å²) in [6, 6.07) is 5.83. The molecule has 0 aliphatic carbocycles. The van der Waals surface area contributed by atoms with E-state index >= 15 is 0 Å². The van der Waals surface area contributed by atoms with E-state index in [0.717, 1.165) is 17.1 Å². The van der Waals surface area contributed by atoms with Crippen molar-refractivity contribution in [3.8, 4) is 0 Å². The van der Waals surface area contributed by atoms with Gasteiger partial charge in [-0.1, -0.05) is 11.3 Å². The lowest BCUT2D eigenvalue weighted by Crippen LogP contribution is -2.30. The van der Waals surface area contributed by atoms with Gasteiger partial charge in [-0.05, 0) is 19.1 Å². The Morgan fingerprint density at radius 3 is 2.88 bits per heavy atom. The minimum atomic E-state index is -0.0494. The van der Waals surface area contributed by atoms with Gasteiger partial charge in [0, 0.05) is 25.4 Å². The molecule has 0 aliphatic heterocycles. The van der Waals surface area contributed by atoms with Crippen molar-refractivity contribution in [2.45, 2.75) is 19.4 Å². The van der Waals surface area contributed by atoms with E-state index < -0.39 is 0 Å². The number of aryl methyl sites for hydroxylation is 2. The summed E-state index contributed by atoms with van der Waals surface area (Å²) in [4.78, 5) is 4.45. The van der Waals surface area contributed by atoms with Crippen LogP contribution in [0.1, 0.15) is 23.1 Å². The molecule has 0 aromatic carbocycles. The van der Waals surface area contributed by atoms with Crippen LogP contribution in [-0.4, -0.2) is 20.0 Å². The molecule has 0 bridgehead atoms. The Kier molecular flexibility index (Phi) is 3.46. The number of nitrogens with two attached hydrogens (primary N) is 1. The van der Waals surface area contributed by atoms with Crippen LogP contribution in [0.25, 0.3) is 0 Å². The Morgan fingerprint density at radius 1 is 1.47 bits per heavy atom. The van der Waals surface area contributed by atoms with Crippen LogP contribution in [0.2, 0.25) is 0 Å². The maximum Gasteiger partial charge on any atom is 0.0847 e. The summed E-state index contributed by atoms with van der Waals surface area (Å²) in [6.45, 7) is 1.96. The van der Waals surface area contributed by atoms with E-state index in [0.29, 0.717) is 6.42 Å². The molecule has 1 unspecified atom stereocenters. The third-order valence-corrected chi connectivity index (χ3v) is 2.53. The second kappa shape index (κ2) is 5.03. The molecule has 6 nitrogen and oxygen atoms in total. The molecule has 0 saturated carbocycles. The Morgan fingerprint density at radius 2 is 2.29 bits per heavy atom. The predicted molar refractivity (Wildman–Crippen MR) is 63.7 cm³/mol. The van der Waals surface area contributed by atoms with Crippen molar-refractivity contribution in [3.63, 3.8) is 0 Å². The van der Waals surface area contributed by atoms with E-state index in [1.54, 1.807) is 4.68 Å². The van der Waals surface area contributed by atoms with Crippen LogP contribution >= 0.6 is 0 Å². The first-order valence-electron chi connectivity index (χ1n) is 5.44. The van der Waals surface area contributed by atoms with E-state index in [1.165, 1.54) is 0 Å². The van der Waals surface area contributed by atoms with Crippen LogP contribution in [0.3, 0.4) is 0 Å². The van der Waals surface area contributed by atoms with Crippen molar-refractivity contribution in [3.05, 3.63) is 41.5 Å². The fraction of sp³-hybridized carbons (Fsp3) is 0.364. The van der Waals surface area contributed by atoms with Gasteiger partial charge in [-0.3, -0.25) is 20.9 Å². The van der Waals surface area contributed by atoms with E-state index in [-0.39, 0.29) is 6.04 Å². The third kappa shape index (κ3) is 2.86. The second-order valence-corrected chi connectivity index (χ2v) is 4.01. The molecule has 0 aliphatic rings. The van der Waals surface area contributed by atoms with Crippen LogP contribution < -0.4 is 11.3 Å². The van der Waals surface area contributed by atoms with E-state index in [4.69, 9.17) is 5.84 Å². The molecule has 1 atom stereocenters. The van der Waals surface area contributed by atoms with Crippen molar-refractivity contribution in [2.24, 2.45) is 12.9 Å². The number of nitrogens with zero attached hydrogens (tertiary/aromatic N) is 4. The Labute approximate surface area is 99.8 Å². The molecular weight excluding hydrogens is 216 g/mol. The van der Waals surface area contributed by atoms with E-state index in [1.807, 2.05) is 38.4 Å². The van der Waals surface area contributed by atoms with Crippen LogP contribution in [0.5, 0.6) is 0 Å². The van der Waals surface area contributed by atoms with Gasteiger partial charge >= 0.3 is 0 Å². The maximum atomic E-state index is 5.56. The fourth-order valence-electron chi connectivity index (χ4n) is 1.71. The number of hydrogen-bond donors (Lipinski definition) is 2. The average Bonchev–Trinajstić information content (AvgIpc) is 2.72. The number of pyridine rings is 1. The molecule has 2 aromatic heterocycles. The first-order valence-corrected chi connectivity index (χ1v) is 5.44. The number of hydrazine groups is 1. The zero-order valence-corrected chi connectivity index (χ0v) is 9.96. The quantitative estimate of drug-likeness (QED) is 0.584. The van der Waals surface area contributed by atoms with E-state index in [9.17, 15) is 0 Å². The van der Waals surface area contributed by atoms with Gasteiger partial charge in [-0.25, -0.2) is 0 Å². The third-order valence-electron chi connectivity index (χ3n) is 2.53. The highest BCUT2D eigenvalue weighted by Gasteiger charge is 2.13. The number of hydrogen-bond acceptors (Lipinski definition) is 5. The summed E-state index contributed by atoms with van der Waals surface area (Å²) >= 11 is 0. The van der Waals surface area contributed by atoms with Gasteiger partial charge in [0.1, 0.15) is 0 Å². The van der Waals surface area contributed by atoms with Gasteiger partial charge in [-0.2, -0.15) is 0 Å². The van der Waals surface area contributed by atoms with Crippen LogP contribution in [0, 0.1) is 6.92 Å². The lowest BCUT2D eigenvalue weighted by Gasteiger charge is -2.14. The summed E-state index contributed by atoms with van der Waals surface area (Å²) in [6.07, 6.45) is 2.54. The first kappa shape index (κ1) is 11.7. The van der Waals surface area contributed by atoms with Gasteiger partial charge in [0.2, 0.25) is 0 Å². The topological polar surface area (TPSA) is 81.7 Å². The molecule has 17 heavy (non-hydrogen) atoms. The molecule has 2 aromatic rings. The number of aromatic nitrogens is 4. The van der Waals surface area contributed by atoms with Gasteiger partial charge in [-0.15, -0.1) is 5.10 Å². The van der Waals surface area contributed by atoms with Crippen molar-refractivity contribution in [1.29, 1.82) is 0 Å². The minimum absolute atomic E-state index is 0.0494. The molecular formula is C11H16N6. The van der Waals surface area contributed by atoms with E-state index in [2.05, 4.69) is 20.7 Å². The Hall–Kier alpha value is -1.79. The highest BCUT2D eigenvalue weighted by molar-refractivity contribution is 5.15. The minimum Gasteiger partial charge on any atom is -0.271 e. The summed E-state index contributed by atoms with van der Waals surface area (Å²) in [5.41, 5.74) is 5.54. The summed E-state index contributed by atoms with van der Waals surface area (Å²) in [5, 5.41) is 7.93. The zero-order chi connectivity index (χ0) is 12.3. The molecule has 2 heterocycles. The second-order valence-electron chi connectivity index (χ2n) is 4.01. The highest BCUT2D eigenvalue weighted by atomic mass is 15.4. The molecule has 90 valence electrons. The molecule has 0 spiro atoms. The molecule has 6 heteroatoms. The standard InChI is InChI=1S/C11H16N6/c1-8-4-3-5-10(13-8)11(14-12)6-9-7-17(2)16-15-9/h3-5,7,11,14H,6,12H2,1-2H3. The molecule has 0 amide bonds.